The number of urea groups is 1. The minimum atomic E-state index is -1.76. The summed E-state index contributed by atoms with van der Waals surface area (Å²) in [4.78, 5) is 36.6. The third-order valence-electron chi connectivity index (χ3n) is 4.09. The second-order valence-corrected chi connectivity index (χ2v) is 6.46. The molecule has 0 aromatic heterocycles. The van der Waals surface area contributed by atoms with Crippen molar-refractivity contribution in [1.82, 2.24) is 10.2 Å². The number of hydrogen-bond donors (Lipinski definition) is 4. The minimum absolute atomic E-state index is 0.00306. The standard InChI is InChI=1S/C17H23N3O5/c1-11(2)18-16(24)19-13-5-3-12(4-6-13)14(21)20-9-7-17(25,8-10-20)15(22)23/h3-6,11,25H,7-10H2,1-2H3,(H,22,23)(H2,18,19,24). The van der Waals surface area contributed by atoms with Crippen LogP contribution in [-0.4, -0.2) is 57.8 Å². The number of aliphatic hydroxyl groups is 1. The number of aliphatic carboxylic acids is 1. The molecule has 0 radical (unpaired) electrons. The lowest BCUT2D eigenvalue weighted by Gasteiger charge is -2.35. The number of benzene rings is 1. The Hall–Kier alpha value is -2.61. The second kappa shape index (κ2) is 7.52. The van der Waals surface area contributed by atoms with Gasteiger partial charge in [0.1, 0.15) is 0 Å². The number of anilines is 1. The van der Waals surface area contributed by atoms with Crippen LogP contribution in [-0.2, 0) is 4.79 Å². The summed E-state index contributed by atoms with van der Waals surface area (Å²) in [5.41, 5.74) is -0.752. The molecule has 1 saturated heterocycles. The molecule has 3 amide bonds. The molecule has 8 heteroatoms. The van der Waals surface area contributed by atoms with Crippen molar-refractivity contribution in [2.75, 3.05) is 18.4 Å². The molecule has 1 heterocycles. The first kappa shape index (κ1) is 18.7. The number of nitrogens with zero attached hydrogens (tertiary/aromatic N) is 1. The van der Waals surface area contributed by atoms with Gasteiger partial charge in [-0.3, -0.25) is 4.79 Å². The van der Waals surface area contributed by atoms with E-state index in [2.05, 4.69) is 10.6 Å². The van der Waals surface area contributed by atoms with Crippen LogP contribution in [0.1, 0.15) is 37.0 Å². The Morgan fingerprint density at radius 3 is 2.16 bits per heavy atom. The molecule has 1 aromatic rings. The zero-order chi connectivity index (χ0) is 18.6. The van der Waals surface area contributed by atoms with Crippen molar-refractivity contribution in [3.8, 4) is 0 Å². The summed E-state index contributed by atoms with van der Waals surface area (Å²) in [6.07, 6.45) is 0.00612. The fourth-order valence-electron chi connectivity index (χ4n) is 2.60. The van der Waals surface area contributed by atoms with E-state index >= 15 is 0 Å². The topological polar surface area (TPSA) is 119 Å². The van der Waals surface area contributed by atoms with Crippen LogP contribution in [0.4, 0.5) is 10.5 Å². The fourth-order valence-corrected chi connectivity index (χ4v) is 2.60. The predicted molar refractivity (Wildman–Crippen MR) is 91.5 cm³/mol. The van der Waals surface area contributed by atoms with E-state index in [0.717, 1.165) is 0 Å². The quantitative estimate of drug-likeness (QED) is 0.653. The lowest BCUT2D eigenvalue weighted by Crippen LogP contribution is -2.50. The van der Waals surface area contributed by atoms with Crippen molar-refractivity contribution in [3.63, 3.8) is 0 Å². The van der Waals surface area contributed by atoms with Crippen LogP contribution in [0.15, 0.2) is 24.3 Å². The number of carbonyl (C=O) groups excluding carboxylic acids is 2. The Kier molecular flexibility index (Phi) is 5.63. The van der Waals surface area contributed by atoms with Gasteiger partial charge in [0.15, 0.2) is 5.60 Å². The van der Waals surface area contributed by atoms with Crippen LogP contribution in [0, 0.1) is 0 Å². The summed E-state index contributed by atoms with van der Waals surface area (Å²) < 4.78 is 0. The van der Waals surface area contributed by atoms with E-state index in [9.17, 15) is 19.5 Å². The first-order chi connectivity index (χ1) is 11.7. The molecule has 4 N–H and O–H groups in total. The SMILES string of the molecule is CC(C)NC(=O)Nc1ccc(C(=O)N2CCC(O)(C(=O)O)CC2)cc1. The molecule has 0 bridgehead atoms. The molecule has 8 nitrogen and oxygen atoms in total. The molecule has 0 atom stereocenters. The highest BCUT2D eigenvalue weighted by Gasteiger charge is 2.40. The van der Waals surface area contributed by atoms with Gasteiger partial charge in [-0.1, -0.05) is 0 Å². The highest BCUT2D eigenvalue weighted by Crippen LogP contribution is 2.24. The summed E-state index contributed by atoms with van der Waals surface area (Å²) >= 11 is 0. The summed E-state index contributed by atoms with van der Waals surface area (Å²) in [6, 6.07) is 6.16. The van der Waals surface area contributed by atoms with E-state index < -0.39 is 11.6 Å². The Bertz CT molecular complexity index is 649. The van der Waals surface area contributed by atoms with E-state index in [1.54, 1.807) is 24.3 Å². The predicted octanol–water partition coefficient (Wildman–Crippen LogP) is 1.27. The van der Waals surface area contributed by atoms with Gasteiger partial charge in [-0.05, 0) is 38.1 Å². The highest BCUT2D eigenvalue weighted by atomic mass is 16.4. The molecule has 0 saturated carbocycles. The van der Waals surface area contributed by atoms with Crippen molar-refractivity contribution >= 4 is 23.6 Å². The number of likely N-dealkylation sites (tertiary alicyclic amines) is 1. The average Bonchev–Trinajstić information content (AvgIpc) is 2.54. The molecule has 1 aliphatic rings. The summed E-state index contributed by atoms with van der Waals surface area (Å²) in [6.45, 7) is 4.06. The van der Waals surface area contributed by atoms with Gasteiger partial charge in [-0.2, -0.15) is 0 Å². The number of carbonyl (C=O) groups is 3. The van der Waals surface area contributed by atoms with Crippen molar-refractivity contribution in [2.45, 2.75) is 38.3 Å². The Balaban J connectivity index is 1.95. The normalized spacial score (nSPS) is 16.4. The van der Waals surface area contributed by atoms with Gasteiger partial charge in [-0.25, -0.2) is 9.59 Å². The monoisotopic (exact) mass is 349 g/mol. The van der Waals surface area contributed by atoms with E-state index in [1.807, 2.05) is 13.8 Å². The maximum Gasteiger partial charge on any atom is 0.335 e. The first-order valence-corrected chi connectivity index (χ1v) is 8.14. The number of piperidine rings is 1. The smallest absolute Gasteiger partial charge is 0.335 e. The summed E-state index contributed by atoms with van der Waals surface area (Å²) in [5.74, 6) is -1.49. The zero-order valence-electron chi connectivity index (χ0n) is 14.3. The maximum absolute atomic E-state index is 12.5. The summed E-state index contributed by atoms with van der Waals surface area (Å²) in [7, 11) is 0. The molecule has 0 aliphatic carbocycles. The van der Waals surface area contributed by atoms with Gasteiger partial charge in [0.05, 0.1) is 0 Å². The Morgan fingerprint density at radius 2 is 1.68 bits per heavy atom. The molecule has 1 fully saturated rings. The largest absolute Gasteiger partial charge is 0.479 e. The van der Waals surface area contributed by atoms with Crippen molar-refractivity contribution in [3.05, 3.63) is 29.8 Å². The van der Waals surface area contributed by atoms with Crippen molar-refractivity contribution in [1.29, 1.82) is 0 Å². The first-order valence-electron chi connectivity index (χ1n) is 8.14. The minimum Gasteiger partial charge on any atom is -0.479 e. The van der Waals surface area contributed by atoms with E-state index in [-0.39, 0.29) is 43.9 Å². The van der Waals surface area contributed by atoms with Gasteiger partial charge in [0.25, 0.3) is 5.91 Å². The van der Waals surface area contributed by atoms with Gasteiger partial charge in [0.2, 0.25) is 0 Å². The van der Waals surface area contributed by atoms with Crippen molar-refractivity contribution in [2.24, 2.45) is 0 Å². The molecule has 136 valence electrons. The summed E-state index contributed by atoms with van der Waals surface area (Å²) in [5, 5.41) is 24.3. The molecular weight excluding hydrogens is 326 g/mol. The third kappa shape index (κ3) is 4.69. The van der Waals surface area contributed by atoms with Gasteiger partial charge in [0, 0.05) is 43.2 Å². The molecular formula is C17H23N3O5. The van der Waals surface area contributed by atoms with Crippen LogP contribution in [0.25, 0.3) is 0 Å². The fraction of sp³-hybridized carbons (Fsp3) is 0.471. The van der Waals surface area contributed by atoms with Crippen molar-refractivity contribution < 1.29 is 24.6 Å². The van der Waals surface area contributed by atoms with Crippen LogP contribution in [0.2, 0.25) is 0 Å². The van der Waals surface area contributed by atoms with Gasteiger partial charge < -0.3 is 25.7 Å². The molecule has 1 aromatic carbocycles. The molecule has 2 rings (SSSR count). The molecule has 25 heavy (non-hydrogen) atoms. The van der Waals surface area contributed by atoms with Gasteiger partial charge in [-0.15, -0.1) is 0 Å². The number of hydrogen-bond acceptors (Lipinski definition) is 4. The number of amides is 3. The number of carboxylic acid groups (broad SMARTS) is 1. The van der Waals surface area contributed by atoms with Crippen LogP contribution in [0.5, 0.6) is 0 Å². The van der Waals surface area contributed by atoms with E-state index in [0.29, 0.717) is 11.3 Å². The van der Waals surface area contributed by atoms with Gasteiger partial charge >= 0.3 is 12.0 Å². The molecule has 0 spiro atoms. The van der Waals surface area contributed by atoms with E-state index in [4.69, 9.17) is 5.11 Å². The third-order valence-corrected chi connectivity index (χ3v) is 4.09. The highest BCUT2D eigenvalue weighted by molar-refractivity contribution is 5.95. The lowest BCUT2D eigenvalue weighted by atomic mass is 9.91. The number of rotatable bonds is 4. The van der Waals surface area contributed by atoms with Crippen LogP contribution >= 0.6 is 0 Å². The lowest BCUT2D eigenvalue weighted by molar-refractivity contribution is -0.162. The molecule has 0 unspecified atom stereocenters. The molecule has 1 aliphatic heterocycles. The number of carboxylic acids is 1. The average molecular weight is 349 g/mol. The Labute approximate surface area is 145 Å². The number of nitrogens with one attached hydrogen (secondary N) is 2. The second-order valence-electron chi connectivity index (χ2n) is 6.46. The van der Waals surface area contributed by atoms with E-state index in [1.165, 1.54) is 4.90 Å². The Morgan fingerprint density at radius 1 is 1.12 bits per heavy atom. The maximum atomic E-state index is 12.5. The van der Waals surface area contributed by atoms with Crippen LogP contribution < -0.4 is 10.6 Å². The zero-order valence-corrected chi connectivity index (χ0v) is 14.3. The van der Waals surface area contributed by atoms with Crippen LogP contribution in [0.3, 0.4) is 0 Å².